The summed E-state index contributed by atoms with van der Waals surface area (Å²) in [5.41, 5.74) is 0. The molecule has 0 N–H and O–H groups in total. The van der Waals surface area contributed by atoms with Gasteiger partial charge in [0.05, 0.1) is 11.8 Å². The van der Waals surface area contributed by atoms with E-state index >= 15 is 0 Å². The van der Waals surface area contributed by atoms with Crippen molar-refractivity contribution in [1.82, 2.24) is 4.90 Å². The number of rotatable bonds is 4. The molecule has 0 aromatic heterocycles. The molecule has 0 aromatic carbocycles. The van der Waals surface area contributed by atoms with Crippen LogP contribution in [0.4, 0.5) is 0 Å². The summed E-state index contributed by atoms with van der Waals surface area (Å²) in [4.78, 5) is 25.7. The highest BCUT2D eigenvalue weighted by Gasteiger charge is 2.51. The quantitative estimate of drug-likeness (QED) is 0.422. The first-order valence-electron chi connectivity index (χ1n) is 6.47. The zero-order chi connectivity index (χ0) is 12.4. The highest BCUT2D eigenvalue weighted by atomic mass is 16.2. The van der Waals surface area contributed by atoms with Crippen LogP contribution in [0.2, 0.25) is 0 Å². The maximum absolute atomic E-state index is 12.1. The largest absolute Gasteiger partial charge is 0.282 e. The van der Waals surface area contributed by atoms with Crippen LogP contribution in [-0.4, -0.2) is 23.3 Å². The van der Waals surface area contributed by atoms with Crippen molar-refractivity contribution in [3.05, 3.63) is 0 Å². The number of fused-ring (bicyclic) bond motifs is 1. The molecule has 1 saturated heterocycles. The van der Waals surface area contributed by atoms with E-state index in [-0.39, 0.29) is 23.7 Å². The van der Waals surface area contributed by atoms with Gasteiger partial charge in [-0.15, -0.1) is 12.3 Å². The number of hydrogen-bond donors (Lipinski definition) is 0. The zero-order valence-electron chi connectivity index (χ0n) is 10.3. The Hall–Kier alpha value is -1.30. The number of imide groups is 1. The number of unbranched alkanes of at least 4 members (excludes halogenated alkanes) is 1. The highest BCUT2D eigenvalue weighted by molar-refractivity contribution is 6.05. The molecule has 3 heteroatoms. The third-order valence-electron chi connectivity index (χ3n) is 4.11. The van der Waals surface area contributed by atoms with Crippen LogP contribution >= 0.6 is 0 Å². The second-order valence-electron chi connectivity index (χ2n) is 5.09. The first kappa shape index (κ1) is 12.2. The van der Waals surface area contributed by atoms with E-state index in [1.54, 1.807) is 0 Å². The van der Waals surface area contributed by atoms with Crippen molar-refractivity contribution >= 4 is 11.8 Å². The molecule has 3 nitrogen and oxygen atoms in total. The van der Waals surface area contributed by atoms with Gasteiger partial charge in [0, 0.05) is 13.0 Å². The number of amides is 2. The molecule has 2 amide bonds. The van der Waals surface area contributed by atoms with E-state index in [0.717, 1.165) is 25.7 Å². The van der Waals surface area contributed by atoms with Crippen LogP contribution in [-0.2, 0) is 9.59 Å². The summed E-state index contributed by atoms with van der Waals surface area (Å²) in [6, 6.07) is 0. The molecule has 0 bridgehead atoms. The lowest BCUT2D eigenvalue weighted by Crippen LogP contribution is -2.33. The van der Waals surface area contributed by atoms with Crippen LogP contribution in [0.25, 0.3) is 0 Å². The van der Waals surface area contributed by atoms with Crippen LogP contribution in [0.3, 0.4) is 0 Å². The van der Waals surface area contributed by atoms with Gasteiger partial charge < -0.3 is 0 Å². The van der Waals surface area contributed by atoms with Crippen LogP contribution in [0, 0.1) is 30.1 Å². The van der Waals surface area contributed by atoms with Crippen molar-refractivity contribution in [3.8, 4) is 12.3 Å². The first-order chi connectivity index (χ1) is 8.19. The fourth-order valence-electron chi connectivity index (χ4n) is 3.09. The lowest BCUT2D eigenvalue weighted by atomic mass is 10.00. The topological polar surface area (TPSA) is 37.4 Å². The first-order valence-corrected chi connectivity index (χ1v) is 6.47. The van der Waals surface area contributed by atoms with Gasteiger partial charge in [0.1, 0.15) is 0 Å². The smallest absolute Gasteiger partial charge is 0.233 e. The van der Waals surface area contributed by atoms with Crippen molar-refractivity contribution < 1.29 is 9.59 Å². The lowest BCUT2D eigenvalue weighted by molar-refractivity contribution is -0.140. The lowest BCUT2D eigenvalue weighted by Gasteiger charge is -2.16. The van der Waals surface area contributed by atoms with E-state index in [9.17, 15) is 9.59 Å². The Labute approximate surface area is 103 Å². The Morgan fingerprint density at radius 1 is 1.29 bits per heavy atom. The molecule has 2 unspecified atom stereocenters. The fourth-order valence-corrected chi connectivity index (χ4v) is 3.09. The van der Waals surface area contributed by atoms with Gasteiger partial charge >= 0.3 is 0 Å². The average molecular weight is 233 g/mol. The third kappa shape index (κ3) is 2.09. The molecule has 1 heterocycles. The molecule has 92 valence electrons. The van der Waals surface area contributed by atoms with Gasteiger partial charge in [-0.2, -0.15) is 0 Å². The number of hydrogen-bond acceptors (Lipinski definition) is 2. The molecular weight excluding hydrogens is 214 g/mol. The van der Waals surface area contributed by atoms with Crippen LogP contribution in [0.1, 0.15) is 39.0 Å². The molecular formula is C14H19NO2. The highest BCUT2D eigenvalue weighted by Crippen LogP contribution is 2.44. The Morgan fingerprint density at radius 2 is 1.88 bits per heavy atom. The van der Waals surface area contributed by atoms with E-state index < -0.39 is 0 Å². The second kappa shape index (κ2) is 4.91. The van der Waals surface area contributed by atoms with Crippen LogP contribution in [0.15, 0.2) is 0 Å². The van der Waals surface area contributed by atoms with Crippen molar-refractivity contribution in [3.63, 3.8) is 0 Å². The molecule has 2 atom stereocenters. The summed E-state index contributed by atoms with van der Waals surface area (Å²) in [5, 5.41) is 0. The Balaban J connectivity index is 1.99. The molecule has 1 aliphatic heterocycles. The minimum Gasteiger partial charge on any atom is -0.282 e. The normalized spacial score (nSPS) is 31.8. The molecule has 2 fully saturated rings. The number of carbonyl (C=O) groups excluding carboxylic acids is 2. The summed E-state index contributed by atoms with van der Waals surface area (Å²) in [6.45, 7) is 2.64. The fraction of sp³-hybridized carbons (Fsp3) is 0.714. The molecule has 0 aromatic rings. The van der Waals surface area contributed by atoms with Gasteiger partial charge in [0.25, 0.3) is 0 Å². The molecule has 0 spiro atoms. The Bertz CT molecular complexity index is 345. The number of carbonyl (C=O) groups is 2. The molecule has 2 rings (SSSR count). The number of terminal acetylenes is 1. The van der Waals surface area contributed by atoms with Crippen molar-refractivity contribution in [1.29, 1.82) is 0 Å². The molecule has 0 radical (unpaired) electrons. The summed E-state index contributed by atoms with van der Waals surface area (Å²) in [6.07, 6.45) is 9.40. The van der Waals surface area contributed by atoms with Crippen molar-refractivity contribution in [2.75, 3.05) is 6.54 Å². The minimum absolute atomic E-state index is 0.0294. The maximum atomic E-state index is 12.1. The van der Waals surface area contributed by atoms with Gasteiger partial charge in [0.15, 0.2) is 0 Å². The molecule has 2 aliphatic rings. The third-order valence-corrected chi connectivity index (χ3v) is 4.11. The van der Waals surface area contributed by atoms with Crippen molar-refractivity contribution in [2.24, 2.45) is 17.8 Å². The van der Waals surface area contributed by atoms with Gasteiger partial charge in [-0.1, -0.05) is 13.3 Å². The van der Waals surface area contributed by atoms with Gasteiger partial charge in [0.2, 0.25) is 11.8 Å². The van der Waals surface area contributed by atoms with E-state index in [1.165, 1.54) is 4.90 Å². The summed E-state index contributed by atoms with van der Waals surface area (Å²) in [5.74, 6) is 3.14. The molecule has 1 aliphatic carbocycles. The number of nitrogens with zero attached hydrogens (tertiary/aromatic N) is 1. The summed E-state index contributed by atoms with van der Waals surface area (Å²) < 4.78 is 0. The van der Waals surface area contributed by atoms with Crippen LogP contribution < -0.4 is 0 Å². The van der Waals surface area contributed by atoms with E-state index in [2.05, 4.69) is 12.8 Å². The van der Waals surface area contributed by atoms with Gasteiger partial charge in [-0.25, -0.2) is 0 Å². The molecule has 17 heavy (non-hydrogen) atoms. The second-order valence-corrected chi connectivity index (χ2v) is 5.09. The molecule has 1 saturated carbocycles. The van der Waals surface area contributed by atoms with Gasteiger partial charge in [-0.3, -0.25) is 14.5 Å². The van der Waals surface area contributed by atoms with E-state index in [1.807, 2.05) is 0 Å². The summed E-state index contributed by atoms with van der Waals surface area (Å²) in [7, 11) is 0. The predicted molar refractivity (Wildman–Crippen MR) is 64.8 cm³/mol. The Morgan fingerprint density at radius 3 is 2.35 bits per heavy atom. The van der Waals surface area contributed by atoms with E-state index in [4.69, 9.17) is 6.42 Å². The summed E-state index contributed by atoms with van der Waals surface area (Å²) >= 11 is 0. The van der Waals surface area contributed by atoms with Crippen molar-refractivity contribution in [2.45, 2.75) is 39.0 Å². The average Bonchev–Trinajstić information content (AvgIpc) is 2.84. The maximum Gasteiger partial charge on any atom is 0.233 e. The van der Waals surface area contributed by atoms with E-state index in [0.29, 0.717) is 18.9 Å². The standard InChI is InChI=1S/C14H19NO2/c1-3-5-6-7-15-13(16)11-8-10(4-2)9-12(11)14(15)17/h1,10-12H,4-9H2,2H3. The Kier molecular flexibility index (Phi) is 3.51. The predicted octanol–water partition coefficient (Wildman–Crippen LogP) is 1.82. The monoisotopic (exact) mass is 233 g/mol. The zero-order valence-corrected chi connectivity index (χ0v) is 10.3. The van der Waals surface area contributed by atoms with Gasteiger partial charge in [-0.05, 0) is 25.2 Å². The number of likely N-dealkylation sites (tertiary alicyclic amines) is 1. The SMILES string of the molecule is C#CCCCN1C(=O)C2CC(CC)CC2C1=O. The minimum atomic E-state index is -0.0294. The van der Waals surface area contributed by atoms with Crippen LogP contribution in [0.5, 0.6) is 0 Å².